The van der Waals surface area contributed by atoms with E-state index >= 15 is 0 Å². The molecule has 70 valence electrons. The fraction of sp³-hybridized carbons (Fsp3) is 0.286. The highest BCUT2D eigenvalue weighted by atomic mass is 35.5. The molecule has 0 spiro atoms. The molecule has 0 saturated heterocycles. The fourth-order valence-electron chi connectivity index (χ4n) is 0.870. The Balaban J connectivity index is 2.98. The van der Waals surface area contributed by atoms with Crippen molar-refractivity contribution < 1.29 is 4.92 Å². The van der Waals surface area contributed by atoms with Gasteiger partial charge in [-0.3, -0.25) is 0 Å². The molecule has 0 atom stereocenters. The molecule has 0 unspecified atom stereocenters. The zero-order chi connectivity index (χ0) is 9.84. The van der Waals surface area contributed by atoms with Crippen LogP contribution in [0.2, 0.25) is 5.02 Å². The molecule has 0 saturated carbocycles. The monoisotopic (exact) mass is 218 g/mol. The first kappa shape index (κ1) is 10.3. The number of halogens is 1. The maximum absolute atomic E-state index is 10.3. The summed E-state index contributed by atoms with van der Waals surface area (Å²) >= 11 is 9.66. The quantitative estimate of drug-likeness (QED) is 0.480. The van der Waals surface area contributed by atoms with Crippen molar-refractivity contribution in [2.45, 2.75) is 6.42 Å². The first-order valence-electron chi connectivity index (χ1n) is 3.55. The third-order valence-corrected chi connectivity index (χ3v) is 1.95. The summed E-state index contributed by atoms with van der Waals surface area (Å²) in [5.41, 5.74) is 0.852. The van der Waals surface area contributed by atoms with Gasteiger partial charge in [0.15, 0.2) is 0 Å². The Labute approximate surface area is 85.5 Å². The molecule has 0 radical (unpaired) electrons. The number of hydrogen-bond donors (Lipinski definition) is 1. The van der Waals surface area contributed by atoms with E-state index in [0.717, 1.165) is 5.56 Å². The average Bonchev–Trinajstić information content (AvgIpc) is 2.04. The van der Waals surface area contributed by atoms with Crippen molar-refractivity contribution in [3.05, 3.63) is 33.0 Å². The van der Waals surface area contributed by atoms with Gasteiger partial charge in [0.25, 0.3) is 0 Å². The van der Waals surface area contributed by atoms with Crippen molar-refractivity contribution in [2.24, 2.45) is 0 Å². The Morgan fingerprint density at radius 3 is 2.85 bits per heavy atom. The number of aromatic nitrogens is 1. The maximum atomic E-state index is 10.3. The van der Waals surface area contributed by atoms with Crippen LogP contribution in [0.1, 0.15) is 5.56 Å². The van der Waals surface area contributed by atoms with E-state index < -0.39 is 4.92 Å². The molecule has 1 aromatic rings. The predicted octanol–water partition coefficient (Wildman–Crippen LogP) is 2.12. The molecule has 0 fully saturated rings. The molecule has 1 heterocycles. The SMILES string of the molecule is O=[N+]([O-])c1ncc(CCS)cc1Cl. The minimum atomic E-state index is -0.604. The van der Waals surface area contributed by atoms with Crippen LogP contribution in [-0.2, 0) is 6.42 Å². The van der Waals surface area contributed by atoms with E-state index in [1.165, 1.54) is 6.20 Å². The molecule has 0 aromatic carbocycles. The van der Waals surface area contributed by atoms with Crippen molar-refractivity contribution in [1.29, 1.82) is 0 Å². The van der Waals surface area contributed by atoms with E-state index in [2.05, 4.69) is 17.6 Å². The average molecular weight is 219 g/mol. The van der Waals surface area contributed by atoms with Crippen LogP contribution in [-0.4, -0.2) is 15.7 Å². The summed E-state index contributed by atoms with van der Waals surface area (Å²) in [5.74, 6) is 0.361. The van der Waals surface area contributed by atoms with Crippen LogP contribution in [0, 0.1) is 10.1 Å². The topological polar surface area (TPSA) is 56.0 Å². The van der Waals surface area contributed by atoms with Gasteiger partial charge in [0.05, 0.1) is 0 Å². The van der Waals surface area contributed by atoms with E-state index in [0.29, 0.717) is 12.2 Å². The molecule has 1 rings (SSSR count). The van der Waals surface area contributed by atoms with Gasteiger partial charge in [0.2, 0.25) is 0 Å². The molecular weight excluding hydrogens is 212 g/mol. The van der Waals surface area contributed by atoms with E-state index in [4.69, 9.17) is 11.6 Å². The van der Waals surface area contributed by atoms with Crippen molar-refractivity contribution in [3.8, 4) is 0 Å². The number of thiol groups is 1. The molecule has 4 nitrogen and oxygen atoms in total. The summed E-state index contributed by atoms with van der Waals surface area (Å²) in [7, 11) is 0. The van der Waals surface area contributed by atoms with Gasteiger partial charge in [-0.25, -0.2) is 0 Å². The largest absolute Gasteiger partial charge is 0.382 e. The van der Waals surface area contributed by atoms with Gasteiger partial charge in [0.1, 0.15) is 11.2 Å². The highest BCUT2D eigenvalue weighted by molar-refractivity contribution is 7.80. The number of rotatable bonds is 3. The van der Waals surface area contributed by atoms with Crippen LogP contribution in [0.5, 0.6) is 0 Å². The lowest BCUT2D eigenvalue weighted by Gasteiger charge is -1.97. The van der Waals surface area contributed by atoms with Crippen LogP contribution in [0.3, 0.4) is 0 Å². The Kier molecular flexibility index (Phi) is 3.50. The molecule has 0 aliphatic carbocycles. The van der Waals surface area contributed by atoms with Crippen LogP contribution >= 0.6 is 24.2 Å². The third-order valence-electron chi connectivity index (χ3n) is 1.45. The number of hydrogen-bond acceptors (Lipinski definition) is 4. The smallest absolute Gasteiger partial charge is 0.358 e. The predicted molar refractivity (Wildman–Crippen MR) is 53.5 cm³/mol. The lowest BCUT2D eigenvalue weighted by molar-refractivity contribution is -0.389. The molecule has 0 N–H and O–H groups in total. The lowest BCUT2D eigenvalue weighted by atomic mass is 10.2. The Bertz CT molecular complexity index is 332. The Morgan fingerprint density at radius 2 is 2.38 bits per heavy atom. The molecule has 0 aliphatic heterocycles. The Morgan fingerprint density at radius 1 is 1.69 bits per heavy atom. The second-order valence-corrected chi connectivity index (χ2v) is 3.23. The fourth-order valence-corrected chi connectivity index (χ4v) is 1.39. The summed E-state index contributed by atoms with van der Waals surface area (Å²) in [6.45, 7) is 0. The maximum Gasteiger partial charge on any atom is 0.382 e. The van der Waals surface area contributed by atoms with Crippen LogP contribution in [0.4, 0.5) is 5.82 Å². The van der Waals surface area contributed by atoms with Gasteiger partial charge in [-0.1, -0.05) is 11.6 Å². The summed E-state index contributed by atoms with van der Waals surface area (Å²) in [4.78, 5) is 13.4. The van der Waals surface area contributed by atoms with Gasteiger partial charge in [0, 0.05) is 0 Å². The zero-order valence-electron chi connectivity index (χ0n) is 6.61. The van der Waals surface area contributed by atoms with E-state index in [1.807, 2.05) is 0 Å². The van der Waals surface area contributed by atoms with Crippen LogP contribution < -0.4 is 0 Å². The minimum absolute atomic E-state index is 0.0734. The summed E-state index contributed by atoms with van der Waals surface area (Å²) in [6.07, 6.45) is 2.15. The van der Waals surface area contributed by atoms with Crippen molar-refractivity contribution in [2.75, 3.05) is 5.75 Å². The van der Waals surface area contributed by atoms with Crippen LogP contribution in [0.15, 0.2) is 12.3 Å². The van der Waals surface area contributed by atoms with Crippen LogP contribution in [0.25, 0.3) is 0 Å². The van der Waals surface area contributed by atoms with Crippen molar-refractivity contribution in [3.63, 3.8) is 0 Å². The lowest BCUT2D eigenvalue weighted by Crippen LogP contribution is -1.95. The molecular formula is C7H7ClN2O2S. The molecule has 6 heteroatoms. The number of pyridine rings is 1. The third kappa shape index (κ3) is 2.57. The number of aryl methyl sites for hydroxylation is 1. The molecule has 0 amide bonds. The van der Waals surface area contributed by atoms with Crippen molar-refractivity contribution >= 4 is 30.0 Å². The highest BCUT2D eigenvalue weighted by Crippen LogP contribution is 2.22. The van der Waals surface area contributed by atoms with Gasteiger partial charge >= 0.3 is 5.82 Å². The Hall–Kier alpha value is -0.810. The summed E-state index contributed by atoms with van der Waals surface area (Å²) in [5, 5.41) is 10.4. The first-order chi connectivity index (χ1) is 6.15. The molecule has 0 aliphatic rings. The first-order valence-corrected chi connectivity index (χ1v) is 4.56. The highest BCUT2D eigenvalue weighted by Gasteiger charge is 2.13. The standard InChI is InChI=1S/C7H7ClN2O2S/c8-6-3-5(1-2-13)4-9-7(6)10(11)12/h3-4,13H,1-2H2. The summed E-state index contributed by atoms with van der Waals surface area (Å²) < 4.78 is 0. The zero-order valence-corrected chi connectivity index (χ0v) is 8.26. The van der Waals surface area contributed by atoms with Gasteiger partial charge in [-0.15, -0.1) is 0 Å². The van der Waals surface area contributed by atoms with Gasteiger partial charge in [-0.2, -0.15) is 12.6 Å². The molecule has 0 bridgehead atoms. The second-order valence-electron chi connectivity index (χ2n) is 2.38. The number of nitrogens with zero attached hydrogens (tertiary/aromatic N) is 2. The summed E-state index contributed by atoms with van der Waals surface area (Å²) in [6, 6.07) is 1.54. The molecule has 1 aromatic heterocycles. The van der Waals surface area contributed by atoms with E-state index in [1.54, 1.807) is 6.07 Å². The van der Waals surface area contributed by atoms with Gasteiger partial charge < -0.3 is 10.1 Å². The second kappa shape index (κ2) is 4.43. The normalized spacial score (nSPS) is 10.0. The molecule has 13 heavy (non-hydrogen) atoms. The van der Waals surface area contributed by atoms with Crippen molar-refractivity contribution in [1.82, 2.24) is 4.98 Å². The minimum Gasteiger partial charge on any atom is -0.358 e. The van der Waals surface area contributed by atoms with Gasteiger partial charge in [-0.05, 0) is 33.7 Å². The van der Waals surface area contributed by atoms with E-state index in [-0.39, 0.29) is 10.8 Å². The van der Waals surface area contributed by atoms with E-state index in [9.17, 15) is 10.1 Å². The number of nitro groups is 1.